The Morgan fingerprint density at radius 3 is 2.67 bits per heavy atom. The van der Waals surface area contributed by atoms with Gasteiger partial charge in [0.05, 0.1) is 12.2 Å². The molecule has 114 valence electrons. The minimum absolute atomic E-state index is 0.0296. The number of nitrogens with one attached hydrogen (secondary N) is 3. The Labute approximate surface area is 124 Å². The molecule has 0 radical (unpaired) electrons. The first kappa shape index (κ1) is 15.6. The normalized spacial score (nSPS) is 11.8. The molecule has 0 aliphatic heterocycles. The van der Waals surface area contributed by atoms with E-state index in [1.54, 1.807) is 20.0 Å². The summed E-state index contributed by atoms with van der Waals surface area (Å²) in [4.78, 5) is 4.27. The molecule has 0 bridgehead atoms. The van der Waals surface area contributed by atoms with Crippen molar-refractivity contribution in [1.29, 1.82) is 0 Å². The van der Waals surface area contributed by atoms with Crippen LogP contribution in [0.4, 0.5) is 0 Å². The largest absolute Gasteiger partial charge is 0.316 e. The molecule has 2 aromatic heterocycles. The second-order valence-corrected chi connectivity index (χ2v) is 6.44. The van der Waals surface area contributed by atoms with E-state index >= 15 is 0 Å². The number of sulfonamides is 1. The van der Waals surface area contributed by atoms with Crippen molar-refractivity contribution in [3.8, 4) is 0 Å². The van der Waals surface area contributed by atoms with Crippen molar-refractivity contribution in [2.24, 2.45) is 0 Å². The molecule has 0 aromatic carbocycles. The molecule has 2 rings (SSSR count). The number of H-pyrrole nitrogens is 1. The van der Waals surface area contributed by atoms with Crippen LogP contribution >= 0.6 is 0 Å². The zero-order valence-electron chi connectivity index (χ0n) is 12.3. The van der Waals surface area contributed by atoms with E-state index in [9.17, 15) is 8.42 Å². The van der Waals surface area contributed by atoms with Gasteiger partial charge in [0.25, 0.3) is 10.0 Å². The van der Waals surface area contributed by atoms with Crippen LogP contribution in [0.2, 0.25) is 0 Å². The number of aromatic amines is 1. The predicted molar refractivity (Wildman–Crippen MR) is 79.1 cm³/mol. The molecule has 2 heterocycles. The third-order valence-corrected chi connectivity index (χ3v) is 4.40. The summed E-state index contributed by atoms with van der Waals surface area (Å²) in [6.45, 7) is 4.22. The Hall–Kier alpha value is -1.77. The molecule has 8 heteroatoms. The SMILES string of the molecule is CNCc1c(S(=O)(=O)NCc2cccc(C)n2)n[nH]c1C. The minimum Gasteiger partial charge on any atom is -0.316 e. The van der Waals surface area contributed by atoms with Gasteiger partial charge in [-0.15, -0.1) is 0 Å². The highest BCUT2D eigenvalue weighted by Crippen LogP contribution is 2.16. The molecular weight excluding hydrogens is 290 g/mol. The molecule has 2 aromatic rings. The Morgan fingerprint density at radius 2 is 2.00 bits per heavy atom. The van der Waals surface area contributed by atoms with Crippen LogP contribution in [0.15, 0.2) is 23.2 Å². The summed E-state index contributed by atoms with van der Waals surface area (Å²) in [5, 5.41) is 9.58. The fraction of sp³-hybridized carbons (Fsp3) is 0.385. The molecule has 0 saturated carbocycles. The maximum Gasteiger partial charge on any atom is 0.260 e. The smallest absolute Gasteiger partial charge is 0.260 e. The molecule has 7 nitrogen and oxygen atoms in total. The predicted octanol–water partition coefficient (Wildman–Crippen LogP) is 0.619. The van der Waals surface area contributed by atoms with Crippen molar-refractivity contribution in [1.82, 2.24) is 25.2 Å². The highest BCUT2D eigenvalue weighted by molar-refractivity contribution is 7.89. The fourth-order valence-corrected chi connectivity index (χ4v) is 3.16. The van der Waals surface area contributed by atoms with Gasteiger partial charge in [-0.05, 0) is 33.0 Å². The van der Waals surface area contributed by atoms with Crippen molar-refractivity contribution in [3.05, 3.63) is 40.8 Å². The van der Waals surface area contributed by atoms with E-state index in [4.69, 9.17) is 0 Å². The number of aryl methyl sites for hydroxylation is 2. The number of rotatable bonds is 6. The van der Waals surface area contributed by atoms with Gasteiger partial charge >= 0.3 is 0 Å². The summed E-state index contributed by atoms with van der Waals surface area (Å²) >= 11 is 0. The quantitative estimate of drug-likeness (QED) is 0.726. The molecule has 21 heavy (non-hydrogen) atoms. The number of aromatic nitrogens is 3. The topological polar surface area (TPSA) is 99.8 Å². The number of hydrogen-bond donors (Lipinski definition) is 3. The lowest BCUT2D eigenvalue weighted by molar-refractivity contribution is 0.574. The molecule has 0 amide bonds. The van der Waals surface area contributed by atoms with E-state index in [1.807, 2.05) is 19.1 Å². The maximum atomic E-state index is 12.4. The summed E-state index contributed by atoms with van der Waals surface area (Å²) in [7, 11) is -1.92. The van der Waals surface area contributed by atoms with Gasteiger partial charge in [0.1, 0.15) is 0 Å². The molecule has 3 N–H and O–H groups in total. The first-order chi connectivity index (χ1) is 9.94. The second-order valence-electron chi connectivity index (χ2n) is 4.76. The van der Waals surface area contributed by atoms with Gasteiger partial charge in [-0.2, -0.15) is 5.10 Å². The first-order valence-corrected chi connectivity index (χ1v) is 8.03. The van der Waals surface area contributed by atoms with Crippen molar-refractivity contribution < 1.29 is 8.42 Å². The Bertz CT molecular complexity index is 724. The Kier molecular flexibility index (Phi) is 4.71. The molecule has 0 atom stereocenters. The minimum atomic E-state index is -3.68. The van der Waals surface area contributed by atoms with Gasteiger partial charge in [0, 0.05) is 23.5 Å². The van der Waals surface area contributed by atoms with E-state index in [-0.39, 0.29) is 11.6 Å². The standard InChI is InChI=1S/C13H19N5O2S/c1-9-5-4-6-11(16-9)7-15-21(19,20)13-12(8-14-3)10(2)17-18-13/h4-6,14-15H,7-8H2,1-3H3,(H,17,18). The average molecular weight is 309 g/mol. The molecular formula is C13H19N5O2S. The summed E-state index contributed by atoms with van der Waals surface area (Å²) in [6.07, 6.45) is 0. The zero-order valence-corrected chi connectivity index (χ0v) is 13.1. The number of nitrogens with zero attached hydrogens (tertiary/aromatic N) is 2. The summed E-state index contributed by atoms with van der Waals surface area (Å²) in [5.41, 5.74) is 2.89. The van der Waals surface area contributed by atoms with Crippen molar-refractivity contribution in [2.45, 2.75) is 32.0 Å². The van der Waals surface area contributed by atoms with Crippen LogP contribution < -0.4 is 10.0 Å². The van der Waals surface area contributed by atoms with Crippen LogP contribution in [0, 0.1) is 13.8 Å². The molecule has 0 aliphatic rings. The lowest BCUT2D eigenvalue weighted by Crippen LogP contribution is -2.25. The lowest BCUT2D eigenvalue weighted by Gasteiger charge is -2.07. The van der Waals surface area contributed by atoms with Crippen LogP contribution in [0.5, 0.6) is 0 Å². The van der Waals surface area contributed by atoms with E-state index in [0.29, 0.717) is 17.8 Å². The molecule has 0 fully saturated rings. The Balaban J connectivity index is 2.19. The van der Waals surface area contributed by atoms with Crippen molar-refractivity contribution in [3.63, 3.8) is 0 Å². The van der Waals surface area contributed by atoms with Crippen molar-refractivity contribution >= 4 is 10.0 Å². The summed E-state index contributed by atoms with van der Waals surface area (Å²) < 4.78 is 27.2. The maximum absolute atomic E-state index is 12.4. The van der Waals surface area contributed by atoms with Crippen LogP contribution in [0.3, 0.4) is 0 Å². The highest BCUT2D eigenvalue weighted by Gasteiger charge is 2.23. The van der Waals surface area contributed by atoms with E-state index in [1.165, 1.54) is 0 Å². The van der Waals surface area contributed by atoms with Crippen LogP contribution in [0.1, 0.15) is 22.6 Å². The first-order valence-electron chi connectivity index (χ1n) is 6.54. The molecule has 0 saturated heterocycles. The zero-order chi connectivity index (χ0) is 15.5. The average Bonchev–Trinajstić information content (AvgIpc) is 2.80. The molecule has 0 spiro atoms. The third-order valence-electron chi connectivity index (χ3n) is 3.03. The lowest BCUT2D eigenvalue weighted by atomic mass is 10.3. The van der Waals surface area contributed by atoms with Crippen LogP contribution in [0.25, 0.3) is 0 Å². The number of pyridine rings is 1. The third kappa shape index (κ3) is 3.66. The van der Waals surface area contributed by atoms with Crippen LogP contribution in [-0.2, 0) is 23.1 Å². The van der Waals surface area contributed by atoms with Gasteiger partial charge < -0.3 is 5.32 Å². The van der Waals surface area contributed by atoms with E-state index in [2.05, 4.69) is 25.2 Å². The summed E-state index contributed by atoms with van der Waals surface area (Å²) in [5.74, 6) is 0. The van der Waals surface area contributed by atoms with E-state index < -0.39 is 10.0 Å². The van der Waals surface area contributed by atoms with Crippen molar-refractivity contribution in [2.75, 3.05) is 7.05 Å². The monoisotopic (exact) mass is 309 g/mol. The summed E-state index contributed by atoms with van der Waals surface area (Å²) in [6, 6.07) is 5.48. The van der Waals surface area contributed by atoms with Gasteiger partial charge in [0.2, 0.25) is 0 Å². The van der Waals surface area contributed by atoms with Gasteiger partial charge in [0.15, 0.2) is 5.03 Å². The second kappa shape index (κ2) is 6.33. The number of hydrogen-bond acceptors (Lipinski definition) is 5. The van der Waals surface area contributed by atoms with Crippen LogP contribution in [-0.4, -0.2) is 30.6 Å². The van der Waals surface area contributed by atoms with Gasteiger partial charge in [-0.25, -0.2) is 13.1 Å². The molecule has 0 unspecified atom stereocenters. The van der Waals surface area contributed by atoms with E-state index in [0.717, 1.165) is 11.4 Å². The van der Waals surface area contributed by atoms with Gasteiger partial charge in [-0.3, -0.25) is 10.1 Å². The molecule has 0 aliphatic carbocycles. The van der Waals surface area contributed by atoms with Gasteiger partial charge in [-0.1, -0.05) is 6.07 Å². The Morgan fingerprint density at radius 1 is 1.24 bits per heavy atom. The highest BCUT2D eigenvalue weighted by atomic mass is 32.2. The fourth-order valence-electron chi connectivity index (χ4n) is 1.97.